The second kappa shape index (κ2) is 7.88. The molecule has 0 spiro atoms. The molecule has 18 heavy (non-hydrogen) atoms. The van der Waals surface area contributed by atoms with Gasteiger partial charge in [0.15, 0.2) is 0 Å². The van der Waals surface area contributed by atoms with Crippen molar-refractivity contribution in [1.29, 1.82) is 0 Å². The number of carboxylic acid groups (broad SMARTS) is 1. The molecule has 0 aliphatic carbocycles. The highest BCUT2D eigenvalue weighted by Gasteiger charge is 2.10. The number of ether oxygens (including phenoxy) is 1. The first-order valence-corrected chi connectivity index (χ1v) is 6.50. The second-order valence-electron chi connectivity index (χ2n) is 4.53. The summed E-state index contributed by atoms with van der Waals surface area (Å²) in [7, 11) is 1.72. The monoisotopic (exact) mass is 250 g/mol. The van der Waals surface area contributed by atoms with Gasteiger partial charge < -0.3 is 9.84 Å². The van der Waals surface area contributed by atoms with Crippen molar-refractivity contribution in [3.05, 3.63) is 35.4 Å². The Kier molecular flexibility index (Phi) is 6.44. The van der Waals surface area contributed by atoms with Crippen LogP contribution >= 0.6 is 0 Å². The summed E-state index contributed by atoms with van der Waals surface area (Å²) in [6.07, 6.45) is 4.79. The molecule has 0 fully saturated rings. The van der Waals surface area contributed by atoms with E-state index in [1.165, 1.54) is 12.8 Å². The molecular formula is C15H22O3. The fourth-order valence-electron chi connectivity index (χ4n) is 2.03. The first kappa shape index (κ1) is 14.7. The van der Waals surface area contributed by atoms with Crippen molar-refractivity contribution in [1.82, 2.24) is 0 Å². The van der Waals surface area contributed by atoms with E-state index < -0.39 is 5.97 Å². The summed E-state index contributed by atoms with van der Waals surface area (Å²) in [4.78, 5) is 10.6. The highest BCUT2D eigenvalue weighted by molar-refractivity contribution is 5.70. The molecule has 3 nitrogen and oxygen atoms in total. The summed E-state index contributed by atoms with van der Waals surface area (Å²) in [5, 5.41) is 8.71. The predicted octanol–water partition coefficient (Wildman–Crippen LogP) is 3.58. The zero-order valence-electron chi connectivity index (χ0n) is 11.2. The first-order valence-electron chi connectivity index (χ1n) is 6.50. The SMILES string of the molecule is CCCCCC(OC)c1ccc(CC(=O)O)cc1. The molecule has 0 radical (unpaired) electrons. The van der Waals surface area contributed by atoms with E-state index in [0.717, 1.165) is 24.0 Å². The molecule has 1 atom stereocenters. The average molecular weight is 250 g/mol. The Morgan fingerprint density at radius 3 is 2.44 bits per heavy atom. The topological polar surface area (TPSA) is 46.5 Å². The van der Waals surface area contributed by atoms with Gasteiger partial charge in [-0.15, -0.1) is 0 Å². The van der Waals surface area contributed by atoms with Crippen molar-refractivity contribution >= 4 is 5.97 Å². The minimum atomic E-state index is -0.797. The van der Waals surface area contributed by atoms with Crippen LogP contribution in [0, 0.1) is 0 Å². The molecule has 1 aromatic rings. The minimum absolute atomic E-state index is 0.0771. The van der Waals surface area contributed by atoms with Crippen molar-refractivity contribution in [3.8, 4) is 0 Å². The van der Waals surface area contributed by atoms with Gasteiger partial charge in [-0.05, 0) is 17.5 Å². The van der Waals surface area contributed by atoms with Crippen LogP contribution in [0.4, 0.5) is 0 Å². The van der Waals surface area contributed by atoms with E-state index >= 15 is 0 Å². The Bertz CT molecular complexity index is 357. The molecule has 0 amide bonds. The Morgan fingerprint density at radius 2 is 1.94 bits per heavy atom. The molecule has 1 aromatic carbocycles. The predicted molar refractivity (Wildman–Crippen MR) is 71.7 cm³/mol. The zero-order valence-corrected chi connectivity index (χ0v) is 11.2. The van der Waals surface area contributed by atoms with E-state index in [-0.39, 0.29) is 12.5 Å². The van der Waals surface area contributed by atoms with E-state index in [0.29, 0.717) is 0 Å². The zero-order chi connectivity index (χ0) is 13.4. The number of carbonyl (C=O) groups is 1. The molecule has 1 unspecified atom stereocenters. The molecule has 1 rings (SSSR count). The lowest BCUT2D eigenvalue weighted by Gasteiger charge is -2.15. The number of rotatable bonds is 8. The molecule has 0 saturated heterocycles. The number of hydrogen-bond acceptors (Lipinski definition) is 2. The Labute approximate surface area is 109 Å². The van der Waals surface area contributed by atoms with Gasteiger partial charge in [-0.1, -0.05) is 50.5 Å². The van der Waals surface area contributed by atoms with Crippen LogP contribution < -0.4 is 0 Å². The van der Waals surface area contributed by atoms with Crippen molar-refractivity contribution in [2.45, 2.75) is 45.1 Å². The molecule has 0 aliphatic rings. The molecule has 0 aromatic heterocycles. The van der Waals surface area contributed by atoms with Crippen LogP contribution in [-0.2, 0) is 16.0 Å². The van der Waals surface area contributed by atoms with Gasteiger partial charge in [-0.3, -0.25) is 4.79 Å². The minimum Gasteiger partial charge on any atom is -0.481 e. The lowest BCUT2D eigenvalue weighted by Crippen LogP contribution is -2.03. The van der Waals surface area contributed by atoms with E-state index in [2.05, 4.69) is 6.92 Å². The van der Waals surface area contributed by atoms with Gasteiger partial charge in [0, 0.05) is 7.11 Å². The van der Waals surface area contributed by atoms with Gasteiger partial charge in [0.2, 0.25) is 0 Å². The van der Waals surface area contributed by atoms with Crippen LogP contribution in [0.5, 0.6) is 0 Å². The van der Waals surface area contributed by atoms with Gasteiger partial charge in [0.05, 0.1) is 12.5 Å². The molecule has 0 bridgehead atoms. The lowest BCUT2D eigenvalue weighted by atomic mass is 10.0. The molecule has 1 N–H and O–H groups in total. The fourth-order valence-corrected chi connectivity index (χ4v) is 2.03. The maximum atomic E-state index is 10.6. The smallest absolute Gasteiger partial charge is 0.307 e. The molecule has 0 heterocycles. The lowest BCUT2D eigenvalue weighted by molar-refractivity contribution is -0.136. The first-order chi connectivity index (χ1) is 8.67. The molecule has 3 heteroatoms. The van der Waals surface area contributed by atoms with Crippen molar-refractivity contribution < 1.29 is 14.6 Å². The molecular weight excluding hydrogens is 228 g/mol. The van der Waals surface area contributed by atoms with Crippen LogP contribution in [0.15, 0.2) is 24.3 Å². The molecule has 0 aliphatic heterocycles. The normalized spacial score (nSPS) is 12.3. The van der Waals surface area contributed by atoms with E-state index in [1.807, 2.05) is 24.3 Å². The van der Waals surface area contributed by atoms with Gasteiger partial charge >= 0.3 is 5.97 Å². The number of benzene rings is 1. The summed E-state index contributed by atoms with van der Waals surface area (Å²) < 4.78 is 5.49. The van der Waals surface area contributed by atoms with E-state index in [4.69, 9.17) is 9.84 Å². The Hall–Kier alpha value is -1.35. The van der Waals surface area contributed by atoms with E-state index in [9.17, 15) is 4.79 Å². The van der Waals surface area contributed by atoms with Crippen LogP contribution in [0.25, 0.3) is 0 Å². The third-order valence-electron chi connectivity index (χ3n) is 3.06. The standard InChI is InChI=1S/C15H22O3/c1-3-4-5-6-14(18-2)13-9-7-12(8-10-13)11-15(16)17/h7-10,14H,3-6,11H2,1-2H3,(H,16,17). The van der Waals surface area contributed by atoms with Crippen molar-refractivity contribution in [2.24, 2.45) is 0 Å². The number of unbranched alkanes of at least 4 members (excludes halogenated alkanes) is 2. The number of hydrogen-bond donors (Lipinski definition) is 1. The third kappa shape index (κ3) is 4.88. The van der Waals surface area contributed by atoms with Crippen LogP contribution in [0.2, 0.25) is 0 Å². The summed E-state index contributed by atoms with van der Waals surface area (Å²) in [6.45, 7) is 2.18. The summed E-state index contributed by atoms with van der Waals surface area (Å²) in [5.74, 6) is -0.797. The van der Waals surface area contributed by atoms with Crippen molar-refractivity contribution in [3.63, 3.8) is 0 Å². The maximum absolute atomic E-state index is 10.6. The van der Waals surface area contributed by atoms with Gasteiger partial charge in [0.1, 0.15) is 0 Å². The van der Waals surface area contributed by atoms with E-state index in [1.54, 1.807) is 7.11 Å². The van der Waals surface area contributed by atoms with Gasteiger partial charge in [-0.25, -0.2) is 0 Å². The van der Waals surface area contributed by atoms with Crippen LogP contribution in [-0.4, -0.2) is 18.2 Å². The Morgan fingerprint density at radius 1 is 1.28 bits per heavy atom. The summed E-state index contributed by atoms with van der Waals surface area (Å²) >= 11 is 0. The summed E-state index contributed by atoms with van der Waals surface area (Å²) in [6, 6.07) is 7.68. The van der Waals surface area contributed by atoms with Gasteiger partial charge in [0.25, 0.3) is 0 Å². The maximum Gasteiger partial charge on any atom is 0.307 e. The highest BCUT2D eigenvalue weighted by Crippen LogP contribution is 2.23. The van der Waals surface area contributed by atoms with Crippen LogP contribution in [0.3, 0.4) is 0 Å². The largest absolute Gasteiger partial charge is 0.481 e. The Balaban J connectivity index is 2.60. The highest BCUT2D eigenvalue weighted by atomic mass is 16.5. The molecule has 100 valence electrons. The van der Waals surface area contributed by atoms with Crippen LogP contribution in [0.1, 0.15) is 49.8 Å². The quantitative estimate of drug-likeness (QED) is 0.717. The van der Waals surface area contributed by atoms with Crippen molar-refractivity contribution in [2.75, 3.05) is 7.11 Å². The molecule has 0 saturated carbocycles. The average Bonchev–Trinajstić information content (AvgIpc) is 2.35. The third-order valence-corrected chi connectivity index (χ3v) is 3.06. The number of aliphatic carboxylic acids is 1. The summed E-state index contributed by atoms with van der Waals surface area (Å²) in [5.41, 5.74) is 1.96. The fraction of sp³-hybridized carbons (Fsp3) is 0.533. The van der Waals surface area contributed by atoms with Gasteiger partial charge in [-0.2, -0.15) is 0 Å². The number of methoxy groups -OCH3 is 1. The second-order valence-corrected chi connectivity index (χ2v) is 4.53. The number of carboxylic acids is 1.